The van der Waals surface area contributed by atoms with Crippen molar-refractivity contribution < 1.29 is 21.9 Å². The van der Waals surface area contributed by atoms with E-state index >= 15 is 0 Å². The molecule has 0 fully saturated rings. The van der Waals surface area contributed by atoms with Crippen LogP contribution in [-0.2, 0) is 14.1 Å². The van der Waals surface area contributed by atoms with Crippen LogP contribution in [0, 0.1) is 6.92 Å². The van der Waals surface area contributed by atoms with Crippen molar-refractivity contribution in [2.45, 2.75) is 11.8 Å². The summed E-state index contributed by atoms with van der Waals surface area (Å²) in [6.07, 6.45) is 0. The van der Waals surface area contributed by atoms with Crippen LogP contribution in [0.5, 0.6) is 11.5 Å². The van der Waals surface area contributed by atoms with Crippen molar-refractivity contribution in [1.29, 1.82) is 0 Å². The lowest BCUT2D eigenvalue weighted by atomic mass is 10.2. The van der Waals surface area contributed by atoms with Crippen molar-refractivity contribution in [2.24, 2.45) is 0 Å². The Morgan fingerprint density at radius 3 is 1.64 bits per heavy atom. The van der Waals surface area contributed by atoms with Crippen LogP contribution >= 0.6 is 8.15 Å². The van der Waals surface area contributed by atoms with E-state index in [1.165, 1.54) is 0 Å². The average Bonchev–Trinajstić information content (AvgIpc) is 2.72. The largest absolute Gasteiger partial charge is 0.496 e. The lowest BCUT2D eigenvalue weighted by Crippen LogP contribution is -2.20. The van der Waals surface area contributed by atoms with Crippen molar-refractivity contribution in [3.05, 3.63) is 78.4 Å². The third-order valence-electron chi connectivity index (χ3n) is 4.09. The summed E-state index contributed by atoms with van der Waals surface area (Å²) >= 11 is 0. The molecule has 5 nitrogen and oxygen atoms in total. The maximum absolute atomic E-state index is 13.0. The molecule has 0 unspecified atom stereocenters. The molecule has 146 valence electrons. The van der Waals surface area contributed by atoms with E-state index in [2.05, 4.69) is 0 Å². The van der Waals surface area contributed by atoms with Crippen molar-refractivity contribution in [1.82, 2.24) is 0 Å². The minimum Gasteiger partial charge on any atom is -0.496 e. The van der Waals surface area contributed by atoms with Crippen LogP contribution in [-0.4, -0.2) is 22.6 Å². The first-order valence-electron chi connectivity index (χ1n) is 8.53. The highest BCUT2D eigenvalue weighted by Gasteiger charge is 2.29. The van der Waals surface area contributed by atoms with Gasteiger partial charge in [0, 0.05) is 0 Å². The van der Waals surface area contributed by atoms with Crippen LogP contribution in [0.4, 0.5) is 0 Å². The van der Waals surface area contributed by atoms with E-state index in [1.54, 1.807) is 50.6 Å². The molecule has 0 saturated heterocycles. The van der Waals surface area contributed by atoms with E-state index in [4.69, 9.17) is 13.4 Å². The zero-order valence-electron chi connectivity index (χ0n) is 15.8. The smallest absolute Gasteiger partial charge is 0.300 e. The number of rotatable bonds is 7. The molecular formula is C21H21O5PS. The van der Waals surface area contributed by atoms with E-state index in [-0.39, 0.29) is 4.90 Å². The Hall–Kier alpha value is -2.40. The lowest BCUT2D eigenvalue weighted by molar-refractivity contribution is 0.416. The summed E-state index contributed by atoms with van der Waals surface area (Å²) in [7, 11) is -2.68. The van der Waals surface area contributed by atoms with Crippen molar-refractivity contribution in [3.63, 3.8) is 0 Å². The molecular weight excluding hydrogens is 395 g/mol. The summed E-state index contributed by atoms with van der Waals surface area (Å²) in [4.78, 5) is 0.107. The Balaban J connectivity index is 2.12. The molecule has 0 aliphatic rings. The maximum atomic E-state index is 13.0. The molecule has 0 aliphatic heterocycles. The molecule has 0 aromatic heterocycles. The Morgan fingerprint density at radius 2 is 1.18 bits per heavy atom. The summed E-state index contributed by atoms with van der Waals surface area (Å²) in [5.41, 5.74) is 0.968. The van der Waals surface area contributed by atoms with Gasteiger partial charge < -0.3 is 9.47 Å². The molecule has 7 heteroatoms. The molecule has 28 heavy (non-hydrogen) atoms. The Morgan fingerprint density at radius 1 is 0.714 bits per heavy atom. The summed E-state index contributed by atoms with van der Waals surface area (Å²) in [5.74, 6) is 1.11. The minimum atomic E-state index is -4.00. The van der Waals surface area contributed by atoms with Gasteiger partial charge in [-0.05, 0) is 43.3 Å². The third-order valence-corrected chi connectivity index (χ3v) is 7.94. The summed E-state index contributed by atoms with van der Waals surface area (Å²) in [6.45, 7) is 1.90. The molecule has 0 aliphatic carbocycles. The first-order chi connectivity index (χ1) is 13.5. The molecule has 0 bridgehead atoms. The SMILES string of the molecule is COc1ccccc1P(OS(=O)(=O)c1ccc(C)cc1)c1ccccc1OC. The van der Waals surface area contributed by atoms with Gasteiger partial charge in [0.25, 0.3) is 0 Å². The molecule has 0 heterocycles. The molecule has 3 aromatic rings. The standard InChI is InChI=1S/C21H21O5PS/c1-16-12-14-17(15-13-16)28(22,23)26-27(20-10-6-4-8-18(20)24-2)21-11-7-5-9-19(21)25-3/h4-15H,1-3H3. The van der Waals surface area contributed by atoms with Gasteiger partial charge in [0.2, 0.25) is 0 Å². The van der Waals surface area contributed by atoms with Crippen molar-refractivity contribution in [2.75, 3.05) is 14.2 Å². The predicted octanol–water partition coefficient (Wildman–Crippen LogP) is 3.77. The van der Waals surface area contributed by atoms with E-state index in [0.29, 0.717) is 22.1 Å². The fourth-order valence-electron chi connectivity index (χ4n) is 2.65. The summed E-state index contributed by atoms with van der Waals surface area (Å²) < 4.78 is 42.7. The number of aryl methyl sites for hydroxylation is 1. The Labute approximate surface area is 166 Å². The van der Waals surface area contributed by atoms with Gasteiger partial charge in [-0.3, -0.25) is 0 Å². The van der Waals surface area contributed by atoms with Gasteiger partial charge >= 0.3 is 10.1 Å². The van der Waals surface area contributed by atoms with Crippen LogP contribution in [0.2, 0.25) is 0 Å². The van der Waals surface area contributed by atoms with Crippen LogP contribution in [0.1, 0.15) is 5.56 Å². The zero-order chi connectivity index (χ0) is 20.1. The number of hydrogen-bond donors (Lipinski definition) is 0. The van der Waals surface area contributed by atoms with E-state index < -0.39 is 18.3 Å². The molecule has 0 radical (unpaired) electrons. The van der Waals surface area contributed by atoms with Gasteiger partial charge in [0.1, 0.15) is 19.6 Å². The van der Waals surface area contributed by atoms with Crippen LogP contribution in [0.25, 0.3) is 0 Å². The molecule has 0 atom stereocenters. The number of ether oxygens (including phenoxy) is 2. The molecule has 0 amide bonds. The summed E-state index contributed by atoms with van der Waals surface area (Å²) in [5, 5.41) is 1.31. The monoisotopic (exact) mass is 416 g/mol. The van der Waals surface area contributed by atoms with Gasteiger partial charge in [-0.2, -0.15) is 8.42 Å². The maximum Gasteiger partial charge on any atom is 0.300 e. The zero-order valence-corrected chi connectivity index (χ0v) is 17.5. The molecule has 3 rings (SSSR count). The topological polar surface area (TPSA) is 61.8 Å². The minimum absolute atomic E-state index is 0.107. The first kappa shape index (κ1) is 20.3. The van der Waals surface area contributed by atoms with E-state index in [1.807, 2.05) is 43.3 Å². The van der Waals surface area contributed by atoms with Crippen molar-refractivity contribution in [3.8, 4) is 11.5 Å². The second-order valence-corrected chi connectivity index (χ2v) is 9.51. The van der Waals surface area contributed by atoms with Gasteiger partial charge in [-0.15, -0.1) is 0 Å². The number of methoxy groups -OCH3 is 2. The van der Waals surface area contributed by atoms with Crippen LogP contribution in [0.3, 0.4) is 0 Å². The van der Waals surface area contributed by atoms with E-state index in [0.717, 1.165) is 5.56 Å². The highest BCUT2D eigenvalue weighted by molar-refractivity contribution is 7.93. The molecule has 0 saturated carbocycles. The fraction of sp³-hybridized carbons (Fsp3) is 0.143. The quantitative estimate of drug-likeness (QED) is 0.549. The van der Waals surface area contributed by atoms with Gasteiger partial charge in [-0.1, -0.05) is 42.0 Å². The lowest BCUT2D eigenvalue weighted by Gasteiger charge is -2.21. The highest BCUT2D eigenvalue weighted by Crippen LogP contribution is 2.44. The van der Waals surface area contributed by atoms with E-state index in [9.17, 15) is 8.42 Å². The normalized spacial score (nSPS) is 11.4. The van der Waals surface area contributed by atoms with Crippen LogP contribution < -0.4 is 20.1 Å². The molecule has 3 aromatic carbocycles. The first-order valence-corrected chi connectivity index (χ1v) is 11.2. The Kier molecular flexibility index (Phi) is 6.35. The van der Waals surface area contributed by atoms with Crippen LogP contribution in [0.15, 0.2) is 77.7 Å². The second-order valence-electron chi connectivity index (χ2n) is 5.98. The summed E-state index contributed by atoms with van der Waals surface area (Å²) in [6, 6.07) is 21.0. The third kappa shape index (κ3) is 4.36. The highest BCUT2D eigenvalue weighted by atomic mass is 32.2. The van der Waals surface area contributed by atoms with Crippen molar-refractivity contribution >= 4 is 28.9 Å². The van der Waals surface area contributed by atoms with Gasteiger partial charge in [-0.25, -0.2) is 3.97 Å². The number of benzene rings is 3. The average molecular weight is 416 g/mol. The predicted molar refractivity (Wildman–Crippen MR) is 112 cm³/mol. The fourth-order valence-corrected chi connectivity index (χ4v) is 6.33. The number of hydrogen-bond acceptors (Lipinski definition) is 5. The number of para-hydroxylation sites is 2. The molecule has 0 N–H and O–H groups in total. The molecule has 0 spiro atoms. The Bertz CT molecular complexity index is 1000. The van der Waals surface area contributed by atoms with Gasteiger partial charge in [0.15, 0.2) is 0 Å². The second kappa shape index (κ2) is 8.74. The van der Waals surface area contributed by atoms with Gasteiger partial charge in [0.05, 0.1) is 29.7 Å².